The summed E-state index contributed by atoms with van der Waals surface area (Å²) >= 11 is 6.32. The predicted molar refractivity (Wildman–Crippen MR) is 127 cm³/mol. The fourth-order valence-corrected chi connectivity index (χ4v) is 4.61. The smallest absolute Gasteiger partial charge is 0.124 e. The molecule has 2 aliphatic rings. The number of hydrogen-bond donors (Lipinski definition) is 0. The molecule has 0 spiro atoms. The van der Waals surface area contributed by atoms with Gasteiger partial charge in [0.25, 0.3) is 0 Å². The van der Waals surface area contributed by atoms with Crippen molar-refractivity contribution in [1.29, 1.82) is 0 Å². The number of rotatable bonds is 8. The Morgan fingerprint density at radius 1 is 1.09 bits per heavy atom. The van der Waals surface area contributed by atoms with Gasteiger partial charge in [0.2, 0.25) is 0 Å². The number of allylic oxidation sites excluding steroid dienone is 1. The van der Waals surface area contributed by atoms with Gasteiger partial charge in [0.05, 0.1) is 37.2 Å². The van der Waals surface area contributed by atoms with Crippen LogP contribution in [0.3, 0.4) is 0 Å². The van der Waals surface area contributed by atoms with Crippen molar-refractivity contribution in [3.8, 4) is 11.5 Å². The number of ether oxygens (including phenoxy) is 2. The van der Waals surface area contributed by atoms with Crippen molar-refractivity contribution in [1.82, 2.24) is 4.90 Å². The van der Waals surface area contributed by atoms with Gasteiger partial charge < -0.3 is 14.4 Å². The van der Waals surface area contributed by atoms with Crippen LogP contribution in [0, 0.1) is 5.82 Å². The molecule has 2 aromatic rings. The Hall–Kier alpha value is -2.73. The molecule has 2 aliphatic heterocycles. The molecule has 5 nitrogen and oxygen atoms in total. The Morgan fingerprint density at radius 3 is 2.50 bits per heavy atom. The number of fused-ring (bicyclic) bond motifs is 1. The Labute approximate surface area is 194 Å². The number of anilines is 1. The van der Waals surface area contributed by atoms with Crippen LogP contribution in [0.5, 0.6) is 11.5 Å². The number of halogens is 2. The zero-order valence-corrected chi connectivity index (χ0v) is 19.6. The molecular weight excluding hydrogens is 429 g/mol. The summed E-state index contributed by atoms with van der Waals surface area (Å²) < 4.78 is 24.4. The molecule has 2 heterocycles. The number of methoxy groups -OCH3 is 2. The van der Waals surface area contributed by atoms with Crippen LogP contribution in [-0.4, -0.2) is 37.9 Å². The fourth-order valence-electron chi connectivity index (χ4n) is 4.34. The Morgan fingerprint density at radius 2 is 1.84 bits per heavy atom. The molecule has 4 rings (SSSR count). The molecule has 0 saturated carbocycles. The molecule has 0 bridgehead atoms. The maximum absolute atomic E-state index is 13.5. The lowest BCUT2D eigenvalue weighted by atomic mass is 9.96. The summed E-state index contributed by atoms with van der Waals surface area (Å²) in [7, 11) is 3.34. The minimum atomic E-state index is -0.342. The number of unbranched alkanes of at least 4 members (excludes halogenated alkanes) is 1. The van der Waals surface area contributed by atoms with Gasteiger partial charge >= 0.3 is 0 Å². The average molecular weight is 458 g/mol. The van der Waals surface area contributed by atoms with Crippen LogP contribution in [0.25, 0.3) is 0 Å². The number of hydrogen-bond acceptors (Lipinski definition) is 5. The maximum atomic E-state index is 13.5. The molecule has 7 heteroatoms. The van der Waals surface area contributed by atoms with E-state index in [0.717, 1.165) is 67.2 Å². The van der Waals surface area contributed by atoms with Crippen molar-refractivity contribution in [2.45, 2.75) is 39.2 Å². The first-order valence-electron chi connectivity index (χ1n) is 11.0. The molecule has 0 aliphatic carbocycles. The quantitative estimate of drug-likeness (QED) is 0.485. The van der Waals surface area contributed by atoms with Crippen molar-refractivity contribution in [2.24, 2.45) is 5.10 Å². The van der Waals surface area contributed by atoms with E-state index in [0.29, 0.717) is 11.6 Å². The minimum absolute atomic E-state index is 0.342. The minimum Gasteiger partial charge on any atom is -0.497 e. The standard InChI is InChI=1S/C25H29ClFN3O2/c1-4-5-6-24-21-16-30(25-8-7-18(27)13-22(25)26)28-23(21)9-10-29(24)15-17-11-19(31-2)14-20(12-17)32-3/h7-8,11-14H,4-6,9-10,15-16H2,1-3H3. The highest BCUT2D eigenvalue weighted by Gasteiger charge is 2.31. The zero-order chi connectivity index (χ0) is 22.7. The molecule has 32 heavy (non-hydrogen) atoms. The largest absolute Gasteiger partial charge is 0.497 e. The van der Waals surface area contributed by atoms with Crippen molar-refractivity contribution in [2.75, 3.05) is 32.3 Å². The van der Waals surface area contributed by atoms with E-state index in [4.69, 9.17) is 26.2 Å². The van der Waals surface area contributed by atoms with E-state index in [1.807, 2.05) is 11.1 Å². The molecule has 0 fully saturated rings. The maximum Gasteiger partial charge on any atom is 0.124 e. The van der Waals surface area contributed by atoms with E-state index >= 15 is 0 Å². The summed E-state index contributed by atoms with van der Waals surface area (Å²) in [5, 5.41) is 7.12. The molecule has 0 amide bonds. The van der Waals surface area contributed by atoms with E-state index in [2.05, 4.69) is 24.0 Å². The SMILES string of the molecule is CCCCC1=C2CN(c3ccc(F)cc3Cl)N=C2CCN1Cc1cc(OC)cc(OC)c1. The van der Waals surface area contributed by atoms with E-state index in [9.17, 15) is 4.39 Å². The molecule has 0 atom stereocenters. The van der Waals surface area contributed by atoms with Crippen LogP contribution in [0.1, 0.15) is 38.2 Å². The van der Waals surface area contributed by atoms with E-state index in [-0.39, 0.29) is 5.82 Å². The molecule has 0 radical (unpaired) electrons. The highest BCUT2D eigenvalue weighted by molar-refractivity contribution is 6.33. The lowest BCUT2D eigenvalue weighted by Gasteiger charge is -2.33. The van der Waals surface area contributed by atoms with Crippen molar-refractivity contribution in [3.63, 3.8) is 0 Å². The Kier molecular flexibility index (Phi) is 6.89. The van der Waals surface area contributed by atoms with Gasteiger partial charge in [-0.1, -0.05) is 24.9 Å². The molecular formula is C25H29ClFN3O2. The highest BCUT2D eigenvalue weighted by Crippen LogP contribution is 2.36. The number of benzene rings is 2. The first-order chi connectivity index (χ1) is 15.5. The topological polar surface area (TPSA) is 37.3 Å². The fraction of sp³-hybridized carbons (Fsp3) is 0.400. The summed E-state index contributed by atoms with van der Waals surface area (Å²) in [6, 6.07) is 10.5. The van der Waals surface area contributed by atoms with Gasteiger partial charge in [-0.15, -0.1) is 0 Å². The number of hydrazone groups is 1. The van der Waals surface area contributed by atoms with E-state index < -0.39 is 0 Å². The molecule has 0 saturated heterocycles. The monoisotopic (exact) mass is 457 g/mol. The van der Waals surface area contributed by atoms with Gasteiger partial charge in [-0.3, -0.25) is 5.01 Å². The van der Waals surface area contributed by atoms with E-state index in [1.165, 1.54) is 23.4 Å². The lowest BCUT2D eigenvalue weighted by Crippen LogP contribution is -2.33. The first kappa shape index (κ1) is 22.5. The third kappa shape index (κ3) is 4.70. The molecule has 2 aromatic carbocycles. The lowest BCUT2D eigenvalue weighted by molar-refractivity contribution is 0.320. The van der Waals surface area contributed by atoms with Crippen LogP contribution in [0.15, 0.2) is 52.8 Å². The summed E-state index contributed by atoms with van der Waals surface area (Å²) in [5.74, 6) is 1.24. The molecule has 0 aromatic heterocycles. The van der Waals surface area contributed by atoms with Crippen LogP contribution in [0.4, 0.5) is 10.1 Å². The van der Waals surface area contributed by atoms with Gasteiger partial charge in [0.1, 0.15) is 17.3 Å². The molecule has 0 N–H and O–H groups in total. The average Bonchev–Trinajstić information content (AvgIpc) is 3.22. The van der Waals surface area contributed by atoms with Crippen LogP contribution in [0.2, 0.25) is 5.02 Å². The van der Waals surface area contributed by atoms with Crippen molar-refractivity contribution < 1.29 is 13.9 Å². The second kappa shape index (κ2) is 9.82. The summed E-state index contributed by atoms with van der Waals surface area (Å²) in [4.78, 5) is 2.45. The molecule has 0 unspecified atom stereocenters. The van der Waals surface area contributed by atoms with Crippen LogP contribution >= 0.6 is 11.6 Å². The van der Waals surface area contributed by atoms with Crippen molar-refractivity contribution in [3.05, 3.63) is 64.1 Å². The Balaban J connectivity index is 1.64. The Bertz CT molecular complexity index is 1030. The third-order valence-electron chi connectivity index (χ3n) is 5.99. The van der Waals surface area contributed by atoms with Crippen LogP contribution in [-0.2, 0) is 6.54 Å². The number of nitrogens with zero attached hydrogens (tertiary/aromatic N) is 3. The zero-order valence-electron chi connectivity index (χ0n) is 18.8. The van der Waals surface area contributed by atoms with Gasteiger partial charge in [-0.25, -0.2) is 4.39 Å². The highest BCUT2D eigenvalue weighted by atomic mass is 35.5. The van der Waals surface area contributed by atoms with Gasteiger partial charge in [-0.2, -0.15) is 5.10 Å². The van der Waals surface area contributed by atoms with Gasteiger partial charge in [0, 0.05) is 36.8 Å². The van der Waals surface area contributed by atoms with Gasteiger partial charge in [-0.05, 0) is 48.7 Å². The van der Waals surface area contributed by atoms with E-state index in [1.54, 1.807) is 20.3 Å². The summed E-state index contributed by atoms with van der Waals surface area (Å²) in [6.07, 6.45) is 4.09. The predicted octanol–water partition coefficient (Wildman–Crippen LogP) is 6.02. The second-order valence-corrected chi connectivity index (χ2v) is 8.53. The summed E-state index contributed by atoms with van der Waals surface area (Å²) in [5.41, 5.74) is 5.59. The molecule has 170 valence electrons. The van der Waals surface area contributed by atoms with Gasteiger partial charge in [0.15, 0.2) is 0 Å². The third-order valence-corrected chi connectivity index (χ3v) is 6.29. The first-order valence-corrected chi connectivity index (χ1v) is 11.4. The normalized spacial score (nSPS) is 15.7. The van der Waals surface area contributed by atoms with Crippen LogP contribution < -0.4 is 14.5 Å². The van der Waals surface area contributed by atoms with Crippen molar-refractivity contribution >= 4 is 23.0 Å². The summed E-state index contributed by atoms with van der Waals surface area (Å²) in [6.45, 7) is 4.53. The second-order valence-electron chi connectivity index (χ2n) is 8.12.